The molecular formula is C14H24N2O8. The van der Waals surface area contributed by atoms with Gasteiger partial charge in [0, 0.05) is 19.5 Å². The fraction of sp³-hybridized carbons (Fsp3) is 0.857. The van der Waals surface area contributed by atoms with Gasteiger partial charge in [0.2, 0.25) is 11.8 Å². The normalized spacial score (nSPS) is 34.1. The third kappa shape index (κ3) is 4.62. The van der Waals surface area contributed by atoms with Crippen LogP contribution in [0.3, 0.4) is 0 Å². The molecule has 0 aromatic carbocycles. The van der Waals surface area contributed by atoms with Gasteiger partial charge in [0.1, 0.15) is 24.4 Å². The van der Waals surface area contributed by atoms with Crippen molar-refractivity contribution in [3.05, 3.63) is 0 Å². The summed E-state index contributed by atoms with van der Waals surface area (Å²) in [5, 5.41) is 40.8. The lowest BCUT2D eigenvalue weighted by molar-refractivity contribution is -0.301. The molecule has 2 aliphatic rings. The molecule has 0 aromatic heterocycles. The Labute approximate surface area is 139 Å². The molecular weight excluding hydrogens is 324 g/mol. The Balaban J connectivity index is 1.71. The van der Waals surface area contributed by atoms with E-state index in [-0.39, 0.29) is 31.4 Å². The number of nitrogens with zero attached hydrogens (tertiary/aromatic N) is 1. The highest BCUT2D eigenvalue weighted by atomic mass is 16.7. The lowest BCUT2D eigenvalue weighted by Crippen LogP contribution is -2.59. The minimum atomic E-state index is -1.49. The number of piperazine rings is 1. The van der Waals surface area contributed by atoms with Crippen LogP contribution in [0.2, 0.25) is 0 Å². The van der Waals surface area contributed by atoms with Gasteiger partial charge in [-0.05, 0) is 6.42 Å². The maximum Gasteiger partial charge on any atom is 0.239 e. The molecule has 2 rings (SSSR count). The molecule has 24 heavy (non-hydrogen) atoms. The van der Waals surface area contributed by atoms with Crippen LogP contribution in [0.25, 0.3) is 0 Å². The molecule has 0 aromatic rings. The van der Waals surface area contributed by atoms with Crippen LogP contribution < -0.4 is 5.32 Å². The number of carbonyl (C=O) groups excluding carboxylic acids is 2. The van der Waals surface area contributed by atoms with E-state index >= 15 is 0 Å². The molecule has 0 aliphatic carbocycles. The van der Waals surface area contributed by atoms with Crippen molar-refractivity contribution in [2.24, 2.45) is 0 Å². The average molecular weight is 348 g/mol. The zero-order chi connectivity index (χ0) is 17.7. The van der Waals surface area contributed by atoms with E-state index in [9.17, 15) is 24.9 Å². The summed E-state index contributed by atoms with van der Waals surface area (Å²) >= 11 is 0. The van der Waals surface area contributed by atoms with Crippen LogP contribution in [0.4, 0.5) is 0 Å². The number of rotatable bonds is 6. The van der Waals surface area contributed by atoms with Gasteiger partial charge < -0.3 is 40.1 Å². The third-order valence-electron chi connectivity index (χ3n) is 4.06. The molecule has 5 atom stereocenters. The summed E-state index contributed by atoms with van der Waals surface area (Å²) in [6.07, 6.45) is -6.09. The van der Waals surface area contributed by atoms with Gasteiger partial charge in [-0.25, -0.2) is 0 Å². The minimum absolute atomic E-state index is 0.0480. The van der Waals surface area contributed by atoms with E-state index in [1.807, 2.05) is 0 Å². The number of carbonyl (C=O) groups is 2. The lowest BCUT2D eigenvalue weighted by Gasteiger charge is -2.39. The van der Waals surface area contributed by atoms with Crippen LogP contribution in [0.15, 0.2) is 0 Å². The van der Waals surface area contributed by atoms with Crippen molar-refractivity contribution in [3.8, 4) is 0 Å². The molecule has 0 saturated carbocycles. The highest BCUT2D eigenvalue weighted by Gasteiger charge is 2.43. The molecule has 2 aliphatic heterocycles. The number of amides is 2. The second kappa shape index (κ2) is 8.70. The van der Waals surface area contributed by atoms with E-state index in [2.05, 4.69) is 5.32 Å². The fourth-order valence-corrected chi connectivity index (χ4v) is 2.64. The van der Waals surface area contributed by atoms with Crippen molar-refractivity contribution in [2.75, 3.05) is 32.8 Å². The summed E-state index contributed by atoms with van der Waals surface area (Å²) in [6.45, 7) is 0.505. The van der Waals surface area contributed by atoms with Gasteiger partial charge >= 0.3 is 0 Å². The molecule has 0 bridgehead atoms. The molecule has 2 amide bonds. The molecule has 2 fully saturated rings. The van der Waals surface area contributed by atoms with E-state index in [1.165, 1.54) is 4.90 Å². The van der Waals surface area contributed by atoms with Crippen LogP contribution in [-0.2, 0) is 19.1 Å². The number of aliphatic hydroxyl groups excluding tert-OH is 4. The van der Waals surface area contributed by atoms with Crippen molar-refractivity contribution in [3.63, 3.8) is 0 Å². The van der Waals surface area contributed by atoms with Crippen LogP contribution in [0.5, 0.6) is 0 Å². The van der Waals surface area contributed by atoms with Gasteiger partial charge in [-0.1, -0.05) is 0 Å². The summed E-state index contributed by atoms with van der Waals surface area (Å²) < 4.78 is 10.5. The van der Waals surface area contributed by atoms with Crippen molar-refractivity contribution in [1.29, 1.82) is 0 Å². The van der Waals surface area contributed by atoms with E-state index in [1.54, 1.807) is 0 Å². The predicted molar refractivity (Wildman–Crippen MR) is 78.5 cm³/mol. The number of ether oxygens (including phenoxy) is 2. The zero-order valence-corrected chi connectivity index (χ0v) is 13.2. The summed E-state index contributed by atoms with van der Waals surface area (Å²) in [5.41, 5.74) is 0. The fourth-order valence-electron chi connectivity index (χ4n) is 2.64. The first-order valence-corrected chi connectivity index (χ1v) is 7.90. The second-order valence-electron chi connectivity index (χ2n) is 5.84. The Kier molecular flexibility index (Phi) is 6.90. The molecule has 0 radical (unpaired) electrons. The smallest absolute Gasteiger partial charge is 0.239 e. The Hall–Kier alpha value is -1.30. The van der Waals surface area contributed by atoms with Crippen LogP contribution in [0, 0.1) is 0 Å². The zero-order valence-electron chi connectivity index (χ0n) is 13.2. The van der Waals surface area contributed by atoms with E-state index in [0.717, 1.165) is 0 Å². The second-order valence-corrected chi connectivity index (χ2v) is 5.84. The van der Waals surface area contributed by atoms with Gasteiger partial charge in [-0.2, -0.15) is 0 Å². The Bertz CT molecular complexity index is 446. The highest BCUT2D eigenvalue weighted by Crippen LogP contribution is 2.22. The number of aliphatic hydroxyl groups is 4. The molecule has 2 heterocycles. The molecule has 2 saturated heterocycles. The van der Waals surface area contributed by atoms with E-state index < -0.39 is 37.3 Å². The van der Waals surface area contributed by atoms with Crippen molar-refractivity contribution >= 4 is 11.8 Å². The summed E-state index contributed by atoms with van der Waals surface area (Å²) in [7, 11) is 0. The van der Waals surface area contributed by atoms with E-state index in [4.69, 9.17) is 14.6 Å². The first-order valence-electron chi connectivity index (χ1n) is 7.90. The number of nitrogens with one attached hydrogen (secondary N) is 1. The van der Waals surface area contributed by atoms with Gasteiger partial charge in [0.05, 0.1) is 19.8 Å². The summed E-state index contributed by atoms with van der Waals surface area (Å²) in [4.78, 5) is 24.6. The molecule has 138 valence electrons. The van der Waals surface area contributed by atoms with E-state index in [0.29, 0.717) is 19.5 Å². The van der Waals surface area contributed by atoms with Crippen LogP contribution in [0.1, 0.15) is 12.8 Å². The maximum absolute atomic E-state index is 12.0. The first-order chi connectivity index (χ1) is 11.4. The van der Waals surface area contributed by atoms with Gasteiger partial charge in [-0.15, -0.1) is 0 Å². The van der Waals surface area contributed by atoms with Gasteiger partial charge in [-0.3, -0.25) is 9.59 Å². The standard InChI is InChI=1S/C14H24N2O8/c17-7-8-11(20)12(21)13(22)14(24-8)23-5-1-2-10(19)16-4-3-15-9(18)6-16/h8,11-14,17,20-22H,1-7H2,(H,15,18)/t8-,11-,12+,13-,14-/m1/s1. The SMILES string of the molecule is O=C1CN(C(=O)CCCO[C@@H]2O[C@H](CO)[C@@H](O)[C@H](O)[C@H]2O)CCN1. The van der Waals surface area contributed by atoms with Gasteiger partial charge in [0.15, 0.2) is 6.29 Å². The average Bonchev–Trinajstić information content (AvgIpc) is 2.58. The largest absolute Gasteiger partial charge is 0.394 e. The Morgan fingerprint density at radius 2 is 2.04 bits per heavy atom. The predicted octanol–water partition coefficient (Wildman–Crippen LogP) is -3.46. The quantitative estimate of drug-likeness (QED) is 0.311. The molecule has 0 unspecified atom stereocenters. The Morgan fingerprint density at radius 3 is 2.71 bits per heavy atom. The summed E-state index contributed by atoms with van der Waals surface area (Å²) in [6, 6.07) is 0. The van der Waals surface area contributed by atoms with Crippen molar-refractivity contribution in [2.45, 2.75) is 43.5 Å². The summed E-state index contributed by atoms with van der Waals surface area (Å²) in [5.74, 6) is -0.352. The molecule has 0 spiro atoms. The molecule has 10 heteroatoms. The van der Waals surface area contributed by atoms with Crippen LogP contribution in [-0.4, -0.2) is 101 Å². The monoisotopic (exact) mass is 348 g/mol. The molecule has 5 N–H and O–H groups in total. The topological polar surface area (TPSA) is 149 Å². The number of hydrogen-bond donors (Lipinski definition) is 5. The Morgan fingerprint density at radius 1 is 1.29 bits per heavy atom. The van der Waals surface area contributed by atoms with Crippen molar-refractivity contribution in [1.82, 2.24) is 10.2 Å². The van der Waals surface area contributed by atoms with Gasteiger partial charge in [0.25, 0.3) is 0 Å². The van der Waals surface area contributed by atoms with Crippen LogP contribution >= 0.6 is 0 Å². The first kappa shape index (κ1) is 19.0. The molecule has 10 nitrogen and oxygen atoms in total. The lowest BCUT2D eigenvalue weighted by atomic mass is 9.99. The highest BCUT2D eigenvalue weighted by molar-refractivity contribution is 5.85. The van der Waals surface area contributed by atoms with Crippen molar-refractivity contribution < 1.29 is 39.5 Å². The third-order valence-corrected chi connectivity index (χ3v) is 4.06. The maximum atomic E-state index is 12.0. The minimum Gasteiger partial charge on any atom is -0.394 e. The number of hydrogen-bond acceptors (Lipinski definition) is 8.